The molecule has 0 saturated carbocycles. The molecule has 5 rings (SSSR count). The molecule has 1 saturated heterocycles. The molecular weight excluding hydrogens is 456 g/mol. The van der Waals surface area contributed by atoms with Crippen LogP contribution in [-0.2, 0) is 17.9 Å². The minimum atomic E-state index is -0.0506. The quantitative estimate of drug-likeness (QED) is 0.546. The van der Waals surface area contributed by atoms with Gasteiger partial charge in [-0.25, -0.2) is 9.67 Å². The lowest BCUT2D eigenvalue weighted by Gasteiger charge is -2.34. The van der Waals surface area contributed by atoms with Gasteiger partial charge in [-0.3, -0.25) is 9.59 Å². The lowest BCUT2D eigenvalue weighted by atomic mass is 10.2. The van der Waals surface area contributed by atoms with Gasteiger partial charge in [-0.15, -0.1) is 0 Å². The number of piperazine rings is 1. The average molecular weight is 489 g/mol. The van der Waals surface area contributed by atoms with Gasteiger partial charge in [-0.05, 0) is 25.5 Å². The fourth-order valence-electron chi connectivity index (χ4n) is 4.62. The molecule has 3 aromatic rings. The van der Waals surface area contributed by atoms with Gasteiger partial charge in [-0.1, -0.05) is 25.1 Å². The molecule has 1 aromatic carbocycles. The number of carbonyl (C=O) groups excluding carboxylic acids is 2. The molecule has 2 amide bonds. The standard InChI is InChI=1S/C26H32N8O2/c1-4-18(2)33-17-22-23(25(33)36)29-26(32-12-10-31(11-13-32)19(3)35)30-24(22)27-14-20-15-28-34(16-20)21-8-6-5-7-9-21/h5-9,15-16,18H,4,10-14,17H2,1-3H3,(H,27,29,30). The SMILES string of the molecule is CCC(C)N1Cc2c(NCc3cnn(-c4ccccc4)c3)nc(N3CCN(C(C)=O)CC3)nc2C1=O. The Kier molecular flexibility index (Phi) is 6.58. The van der Waals surface area contributed by atoms with E-state index in [9.17, 15) is 9.59 Å². The molecule has 2 aliphatic rings. The summed E-state index contributed by atoms with van der Waals surface area (Å²) >= 11 is 0. The van der Waals surface area contributed by atoms with Crippen molar-refractivity contribution in [3.8, 4) is 5.69 Å². The summed E-state index contributed by atoms with van der Waals surface area (Å²) in [7, 11) is 0. The predicted octanol–water partition coefficient (Wildman–Crippen LogP) is 2.70. The van der Waals surface area contributed by atoms with Crippen molar-refractivity contribution in [3.63, 3.8) is 0 Å². The molecule has 10 nitrogen and oxygen atoms in total. The van der Waals surface area contributed by atoms with Gasteiger partial charge in [0.2, 0.25) is 11.9 Å². The van der Waals surface area contributed by atoms with E-state index in [2.05, 4.69) is 29.2 Å². The number of para-hydroxylation sites is 1. The van der Waals surface area contributed by atoms with Crippen molar-refractivity contribution in [2.45, 2.75) is 46.3 Å². The van der Waals surface area contributed by atoms with Crippen molar-refractivity contribution in [2.75, 3.05) is 36.4 Å². The Morgan fingerprint density at radius 2 is 1.86 bits per heavy atom. The third kappa shape index (κ3) is 4.62. The Bertz CT molecular complexity index is 1250. The first-order chi connectivity index (χ1) is 17.4. The van der Waals surface area contributed by atoms with Gasteiger partial charge in [0.15, 0.2) is 0 Å². The summed E-state index contributed by atoms with van der Waals surface area (Å²) in [6.07, 6.45) is 4.69. The van der Waals surface area contributed by atoms with E-state index in [0.717, 1.165) is 23.2 Å². The molecule has 1 N–H and O–H groups in total. The number of fused-ring (bicyclic) bond motifs is 1. The summed E-state index contributed by atoms with van der Waals surface area (Å²) in [6.45, 7) is 9.23. The smallest absolute Gasteiger partial charge is 0.273 e. The number of rotatable bonds is 7. The highest BCUT2D eigenvalue weighted by molar-refractivity contribution is 5.98. The van der Waals surface area contributed by atoms with Crippen molar-refractivity contribution in [3.05, 3.63) is 59.5 Å². The minimum Gasteiger partial charge on any atom is -0.365 e. The maximum Gasteiger partial charge on any atom is 0.273 e. The average Bonchev–Trinajstić information content (AvgIpc) is 3.52. The third-order valence-electron chi connectivity index (χ3n) is 7.03. The van der Waals surface area contributed by atoms with Crippen LogP contribution in [-0.4, -0.2) is 73.6 Å². The summed E-state index contributed by atoms with van der Waals surface area (Å²) in [5.74, 6) is 1.22. The van der Waals surface area contributed by atoms with E-state index in [-0.39, 0.29) is 17.9 Å². The van der Waals surface area contributed by atoms with Gasteiger partial charge in [0.1, 0.15) is 11.5 Å². The zero-order chi connectivity index (χ0) is 25.2. The monoisotopic (exact) mass is 488 g/mol. The molecule has 1 fully saturated rings. The molecule has 4 heterocycles. The lowest BCUT2D eigenvalue weighted by molar-refractivity contribution is -0.129. The largest absolute Gasteiger partial charge is 0.365 e. The molecule has 188 valence electrons. The van der Waals surface area contributed by atoms with Crippen LogP contribution < -0.4 is 10.2 Å². The lowest BCUT2D eigenvalue weighted by Crippen LogP contribution is -2.48. The summed E-state index contributed by atoms with van der Waals surface area (Å²) in [6, 6.07) is 10.1. The van der Waals surface area contributed by atoms with Gasteiger partial charge in [0.25, 0.3) is 5.91 Å². The van der Waals surface area contributed by atoms with Crippen LogP contribution in [0.15, 0.2) is 42.7 Å². The number of carbonyl (C=O) groups is 2. The summed E-state index contributed by atoms with van der Waals surface area (Å²) in [5.41, 5.74) is 3.30. The van der Waals surface area contributed by atoms with E-state index in [1.165, 1.54) is 0 Å². The molecule has 2 aromatic heterocycles. The molecular formula is C26H32N8O2. The van der Waals surface area contributed by atoms with E-state index in [0.29, 0.717) is 56.7 Å². The first kappa shape index (κ1) is 23.8. The highest BCUT2D eigenvalue weighted by atomic mass is 16.2. The van der Waals surface area contributed by atoms with E-state index < -0.39 is 0 Å². The van der Waals surface area contributed by atoms with Crippen LogP contribution in [0.25, 0.3) is 5.69 Å². The third-order valence-corrected chi connectivity index (χ3v) is 7.03. The van der Waals surface area contributed by atoms with Gasteiger partial charge in [0.05, 0.1) is 18.4 Å². The van der Waals surface area contributed by atoms with E-state index in [1.54, 1.807) is 6.92 Å². The van der Waals surface area contributed by atoms with Gasteiger partial charge in [0, 0.05) is 63.0 Å². The van der Waals surface area contributed by atoms with Crippen molar-refractivity contribution < 1.29 is 9.59 Å². The number of aromatic nitrogens is 4. The molecule has 0 aliphatic carbocycles. The molecule has 1 unspecified atom stereocenters. The van der Waals surface area contributed by atoms with Crippen molar-refractivity contribution in [1.29, 1.82) is 0 Å². The van der Waals surface area contributed by atoms with Crippen molar-refractivity contribution >= 4 is 23.6 Å². The maximum atomic E-state index is 13.3. The molecule has 2 aliphatic heterocycles. The summed E-state index contributed by atoms with van der Waals surface area (Å²) in [5, 5.41) is 7.94. The number of hydrogen-bond donors (Lipinski definition) is 1. The Labute approximate surface area is 210 Å². The van der Waals surface area contributed by atoms with Crippen LogP contribution in [0.2, 0.25) is 0 Å². The normalized spacial score (nSPS) is 16.3. The predicted molar refractivity (Wildman–Crippen MR) is 137 cm³/mol. The number of anilines is 2. The Morgan fingerprint density at radius 1 is 1.11 bits per heavy atom. The van der Waals surface area contributed by atoms with E-state index in [1.807, 2.05) is 57.2 Å². The number of amides is 2. The molecule has 1 atom stereocenters. The minimum absolute atomic E-state index is 0.0506. The summed E-state index contributed by atoms with van der Waals surface area (Å²) < 4.78 is 1.84. The van der Waals surface area contributed by atoms with Gasteiger partial charge < -0.3 is 20.0 Å². The van der Waals surface area contributed by atoms with Crippen LogP contribution in [0.1, 0.15) is 48.8 Å². The zero-order valence-corrected chi connectivity index (χ0v) is 21.0. The Hall–Kier alpha value is -3.95. The highest BCUT2D eigenvalue weighted by Crippen LogP contribution is 2.31. The summed E-state index contributed by atoms with van der Waals surface area (Å²) in [4.78, 5) is 40.4. The molecule has 0 radical (unpaired) electrons. The number of hydrogen-bond acceptors (Lipinski definition) is 7. The van der Waals surface area contributed by atoms with Crippen LogP contribution in [0.4, 0.5) is 11.8 Å². The number of nitrogens with zero attached hydrogens (tertiary/aromatic N) is 7. The zero-order valence-electron chi connectivity index (χ0n) is 21.0. The molecule has 10 heteroatoms. The van der Waals surface area contributed by atoms with Crippen LogP contribution in [0.5, 0.6) is 0 Å². The second-order valence-electron chi connectivity index (χ2n) is 9.37. The van der Waals surface area contributed by atoms with Crippen LogP contribution in [0.3, 0.4) is 0 Å². The molecule has 0 bridgehead atoms. The molecule has 36 heavy (non-hydrogen) atoms. The highest BCUT2D eigenvalue weighted by Gasteiger charge is 2.35. The fraction of sp³-hybridized carbons (Fsp3) is 0.423. The first-order valence-corrected chi connectivity index (χ1v) is 12.5. The fourth-order valence-corrected chi connectivity index (χ4v) is 4.62. The van der Waals surface area contributed by atoms with Crippen molar-refractivity contribution in [1.82, 2.24) is 29.5 Å². The van der Waals surface area contributed by atoms with Crippen molar-refractivity contribution in [2.24, 2.45) is 0 Å². The Morgan fingerprint density at radius 3 is 2.56 bits per heavy atom. The Balaban J connectivity index is 1.40. The van der Waals surface area contributed by atoms with Gasteiger partial charge >= 0.3 is 0 Å². The first-order valence-electron chi connectivity index (χ1n) is 12.5. The second kappa shape index (κ2) is 9.96. The number of benzene rings is 1. The van der Waals surface area contributed by atoms with E-state index >= 15 is 0 Å². The van der Waals surface area contributed by atoms with Crippen LogP contribution >= 0.6 is 0 Å². The molecule has 0 spiro atoms. The maximum absolute atomic E-state index is 13.3. The number of nitrogens with one attached hydrogen (secondary N) is 1. The second-order valence-corrected chi connectivity index (χ2v) is 9.37. The van der Waals surface area contributed by atoms with Gasteiger partial charge in [-0.2, -0.15) is 10.1 Å². The van der Waals surface area contributed by atoms with Crippen LogP contribution in [0, 0.1) is 0 Å². The van der Waals surface area contributed by atoms with E-state index in [4.69, 9.17) is 9.97 Å². The topological polar surface area (TPSA) is 99.5 Å².